The zero-order valence-corrected chi connectivity index (χ0v) is 10.1. The fourth-order valence-electron chi connectivity index (χ4n) is 1.59. The van der Waals surface area contributed by atoms with Gasteiger partial charge in [0.2, 0.25) is 5.91 Å². The molecule has 2 N–H and O–H groups in total. The molecule has 5 heteroatoms. The standard InChI is InChI=1S/C11H14ClN3O/c1-3-11(2)6-14-9-8(15-10(11)16)4-7(12)5-13-9/h4-5H,3,6H2,1-2H3,(H,13,14)(H,15,16). The summed E-state index contributed by atoms with van der Waals surface area (Å²) in [6.07, 6.45) is 2.34. The van der Waals surface area contributed by atoms with Crippen LogP contribution in [0.1, 0.15) is 20.3 Å². The van der Waals surface area contributed by atoms with Crippen LogP contribution in [0.4, 0.5) is 11.5 Å². The highest BCUT2D eigenvalue weighted by Gasteiger charge is 2.34. The molecular weight excluding hydrogens is 226 g/mol. The summed E-state index contributed by atoms with van der Waals surface area (Å²) in [5.74, 6) is 0.681. The van der Waals surface area contributed by atoms with E-state index in [1.54, 1.807) is 12.3 Å². The lowest BCUT2D eigenvalue weighted by Gasteiger charge is -2.23. The largest absolute Gasteiger partial charge is 0.367 e. The summed E-state index contributed by atoms with van der Waals surface area (Å²) in [4.78, 5) is 16.2. The van der Waals surface area contributed by atoms with E-state index in [-0.39, 0.29) is 5.91 Å². The van der Waals surface area contributed by atoms with Gasteiger partial charge in [-0.25, -0.2) is 4.98 Å². The van der Waals surface area contributed by atoms with Crippen molar-refractivity contribution in [2.45, 2.75) is 20.3 Å². The van der Waals surface area contributed by atoms with E-state index in [0.29, 0.717) is 23.1 Å². The van der Waals surface area contributed by atoms with Gasteiger partial charge in [0.15, 0.2) is 0 Å². The van der Waals surface area contributed by atoms with Crippen LogP contribution in [-0.2, 0) is 4.79 Å². The van der Waals surface area contributed by atoms with Crippen molar-refractivity contribution in [1.82, 2.24) is 4.98 Å². The molecule has 0 radical (unpaired) electrons. The van der Waals surface area contributed by atoms with Gasteiger partial charge < -0.3 is 10.6 Å². The number of carbonyl (C=O) groups is 1. The van der Waals surface area contributed by atoms with Crippen LogP contribution >= 0.6 is 11.6 Å². The van der Waals surface area contributed by atoms with Crippen LogP contribution < -0.4 is 10.6 Å². The monoisotopic (exact) mass is 239 g/mol. The number of fused-ring (bicyclic) bond motifs is 1. The van der Waals surface area contributed by atoms with Crippen molar-refractivity contribution in [3.63, 3.8) is 0 Å². The SMILES string of the molecule is CCC1(C)CNc2ncc(Cl)cc2NC1=O. The molecule has 16 heavy (non-hydrogen) atoms. The molecule has 0 saturated heterocycles. The molecule has 0 bridgehead atoms. The first-order valence-electron chi connectivity index (χ1n) is 5.26. The first kappa shape index (κ1) is 11.2. The van der Waals surface area contributed by atoms with E-state index in [1.165, 1.54) is 0 Å². The van der Waals surface area contributed by atoms with E-state index in [0.717, 1.165) is 6.42 Å². The van der Waals surface area contributed by atoms with Crippen molar-refractivity contribution in [2.75, 3.05) is 17.2 Å². The molecule has 1 aliphatic rings. The zero-order valence-electron chi connectivity index (χ0n) is 9.30. The molecule has 86 valence electrons. The number of hydrogen-bond donors (Lipinski definition) is 2. The molecule has 0 saturated carbocycles. The van der Waals surface area contributed by atoms with Gasteiger partial charge in [0.25, 0.3) is 0 Å². The predicted octanol–water partition coefficient (Wildman–Crippen LogP) is 2.52. The zero-order chi connectivity index (χ0) is 11.8. The molecule has 2 heterocycles. The van der Waals surface area contributed by atoms with Gasteiger partial charge in [-0.3, -0.25) is 4.79 Å². The summed E-state index contributed by atoms with van der Waals surface area (Å²) in [7, 11) is 0. The average Bonchev–Trinajstić information content (AvgIpc) is 2.38. The van der Waals surface area contributed by atoms with Crippen molar-refractivity contribution in [3.8, 4) is 0 Å². The Hall–Kier alpha value is -1.29. The molecule has 0 aliphatic carbocycles. The molecule has 0 fully saturated rings. The molecule has 1 aromatic rings. The van der Waals surface area contributed by atoms with E-state index in [4.69, 9.17) is 11.6 Å². The van der Waals surface area contributed by atoms with Crippen molar-refractivity contribution in [1.29, 1.82) is 0 Å². The highest BCUT2D eigenvalue weighted by atomic mass is 35.5. The number of nitrogens with zero attached hydrogens (tertiary/aromatic N) is 1. The van der Waals surface area contributed by atoms with Gasteiger partial charge in [0.05, 0.1) is 16.1 Å². The van der Waals surface area contributed by atoms with Crippen LogP contribution in [-0.4, -0.2) is 17.4 Å². The lowest BCUT2D eigenvalue weighted by Crippen LogP contribution is -2.36. The maximum Gasteiger partial charge on any atom is 0.232 e. The molecule has 1 unspecified atom stereocenters. The van der Waals surface area contributed by atoms with Gasteiger partial charge in [0, 0.05) is 12.7 Å². The second kappa shape index (κ2) is 3.94. The fraction of sp³-hybridized carbons (Fsp3) is 0.455. The quantitative estimate of drug-likeness (QED) is 0.792. The van der Waals surface area contributed by atoms with Crippen molar-refractivity contribution in [2.24, 2.45) is 5.41 Å². The molecule has 1 atom stereocenters. The Balaban J connectivity index is 2.37. The van der Waals surface area contributed by atoms with E-state index in [2.05, 4.69) is 15.6 Å². The van der Waals surface area contributed by atoms with Crippen molar-refractivity contribution >= 4 is 29.0 Å². The number of carbonyl (C=O) groups excluding carboxylic acids is 1. The van der Waals surface area contributed by atoms with E-state index >= 15 is 0 Å². The Morgan fingerprint density at radius 3 is 3.06 bits per heavy atom. The maximum atomic E-state index is 12.0. The average molecular weight is 240 g/mol. The highest BCUT2D eigenvalue weighted by molar-refractivity contribution is 6.31. The van der Waals surface area contributed by atoms with Gasteiger partial charge in [-0.2, -0.15) is 0 Å². The smallest absolute Gasteiger partial charge is 0.232 e. The van der Waals surface area contributed by atoms with Gasteiger partial charge in [0.1, 0.15) is 5.82 Å². The van der Waals surface area contributed by atoms with E-state index in [9.17, 15) is 4.79 Å². The van der Waals surface area contributed by atoms with Crippen LogP contribution in [0.15, 0.2) is 12.3 Å². The van der Waals surface area contributed by atoms with Crippen LogP contribution in [0.3, 0.4) is 0 Å². The third kappa shape index (κ3) is 1.85. The van der Waals surface area contributed by atoms with Gasteiger partial charge in [-0.05, 0) is 19.4 Å². The predicted molar refractivity (Wildman–Crippen MR) is 64.8 cm³/mol. The van der Waals surface area contributed by atoms with Crippen LogP contribution in [0.25, 0.3) is 0 Å². The highest BCUT2D eigenvalue weighted by Crippen LogP contribution is 2.31. The molecule has 2 rings (SSSR count). The summed E-state index contributed by atoms with van der Waals surface area (Å²) in [6.45, 7) is 4.51. The molecule has 0 spiro atoms. The Morgan fingerprint density at radius 1 is 1.62 bits per heavy atom. The summed E-state index contributed by atoms with van der Waals surface area (Å²) >= 11 is 5.84. The first-order chi connectivity index (χ1) is 7.55. The van der Waals surface area contributed by atoms with Crippen LogP contribution in [0.2, 0.25) is 5.02 Å². The molecular formula is C11H14ClN3O. The van der Waals surface area contributed by atoms with Gasteiger partial charge >= 0.3 is 0 Å². The summed E-state index contributed by atoms with van der Waals surface area (Å²) < 4.78 is 0. The number of nitrogens with one attached hydrogen (secondary N) is 2. The molecule has 1 amide bonds. The van der Waals surface area contributed by atoms with Crippen LogP contribution in [0, 0.1) is 5.41 Å². The van der Waals surface area contributed by atoms with Gasteiger partial charge in [-0.15, -0.1) is 0 Å². The molecule has 1 aliphatic heterocycles. The molecule has 4 nitrogen and oxygen atoms in total. The lowest BCUT2D eigenvalue weighted by atomic mass is 9.87. The number of amides is 1. The summed E-state index contributed by atoms with van der Waals surface area (Å²) in [5, 5.41) is 6.54. The van der Waals surface area contributed by atoms with E-state index < -0.39 is 5.41 Å². The topological polar surface area (TPSA) is 54.0 Å². The summed E-state index contributed by atoms with van der Waals surface area (Å²) in [5.41, 5.74) is 0.238. The van der Waals surface area contributed by atoms with Crippen molar-refractivity contribution in [3.05, 3.63) is 17.3 Å². The number of halogens is 1. The third-order valence-corrected chi connectivity index (χ3v) is 3.28. The Morgan fingerprint density at radius 2 is 2.38 bits per heavy atom. The normalized spacial score (nSPS) is 24.1. The second-order valence-corrected chi connectivity index (χ2v) is 4.71. The minimum atomic E-state index is -0.410. The van der Waals surface area contributed by atoms with Gasteiger partial charge in [-0.1, -0.05) is 18.5 Å². The second-order valence-electron chi connectivity index (χ2n) is 4.27. The third-order valence-electron chi connectivity index (χ3n) is 3.08. The minimum Gasteiger partial charge on any atom is -0.367 e. The summed E-state index contributed by atoms with van der Waals surface area (Å²) in [6, 6.07) is 1.70. The van der Waals surface area contributed by atoms with Crippen LogP contribution in [0.5, 0.6) is 0 Å². The Labute approximate surface area is 99.4 Å². The lowest BCUT2D eigenvalue weighted by molar-refractivity contribution is -0.124. The number of aromatic nitrogens is 1. The maximum absolute atomic E-state index is 12.0. The Kier molecular flexibility index (Phi) is 2.76. The Bertz CT molecular complexity index is 435. The fourth-order valence-corrected chi connectivity index (χ4v) is 1.75. The first-order valence-corrected chi connectivity index (χ1v) is 5.64. The van der Waals surface area contributed by atoms with Crippen molar-refractivity contribution < 1.29 is 4.79 Å². The number of anilines is 2. The molecule has 1 aromatic heterocycles. The number of rotatable bonds is 1. The number of hydrogen-bond acceptors (Lipinski definition) is 3. The minimum absolute atomic E-state index is 0.00492. The number of pyridine rings is 1. The molecule has 0 aromatic carbocycles. The van der Waals surface area contributed by atoms with E-state index in [1.807, 2.05) is 13.8 Å².